The third-order valence-electron chi connectivity index (χ3n) is 3.16. The lowest BCUT2D eigenvalue weighted by Gasteiger charge is -2.31. The fourth-order valence-corrected chi connectivity index (χ4v) is 2.00. The lowest BCUT2D eigenvalue weighted by atomic mass is 9.90. The number of aromatic nitrogens is 1. The van der Waals surface area contributed by atoms with Gasteiger partial charge in [0.05, 0.1) is 5.69 Å². The van der Waals surface area contributed by atoms with Gasteiger partial charge in [0.2, 0.25) is 0 Å². The van der Waals surface area contributed by atoms with Gasteiger partial charge in [-0.05, 0) is 18.1 Å². The van der Waals surface area contributed by atoms with E-state index in [4.69, 9.17) is 4.74 Å². The second-order valence-electron chi connectivity index (χ2n) is 4.75. The summed E-state index contributed by atoms with van der Waals surface area (Å²) in [6, 6.07) is 5.90. The molecule has 0 atom stereocenters. The molecule has 1 aliphatic heterocycles. The number of ether oxygens (including phenoxy) is 1. The van der Waals surface area contributed by atoms with Crippen LogP contribution in [0.1, 0.15) is 44.0 Å². The van der Waals surface area contributed by atoms with Crippen LogP contribution in [-0.4, -0.2) is 23.3 Å². The highest BCUT2D eigenvalue weighted by Crippen LogP contribution is 2.31. The van der Waals surface area contributed by atoms with Gasteiger partial charge in [-0.1, -0.05) is 19.9 Å². The summed E-state index contributed by atoms with van der Waals surface area (Å²) in [4.78, 5) is 4.56. The van der Waals surface area contributed by atoms with E-state index < -0.39 is 5.60 Å². The number of aliphatic hydroxyl groups is 1. The maximum Gasteiger partial charge on any atom is 0.111 e. The molecule has 88 valence electrons. The molecule has 0 aromatic carbocycles. The van der Waals surface area contributed by atoms with Crippen molar-refractivity contribution in [3.05, 3.63) is 29.6 Å². The van der Waals surface area contributed by atoms with Crippen LogP contribution < -0.4 is 0 Å². The summed E-state index contributed by atoms with van der Waals surface area (Å²) in [7, 11) is 0. The first-order valence-corrected chi connectivity index (χ1v) is 5.89. The molecule has 3 heteroatoms. The zero-order chi connectivity index (χ0) is 11.6. The minimum Gasteiger partial charge on any atom is -0.383 e. The van der Waals surface area contributed by atoms with E-state index in [1.54, 1.807) is 0 Å². The monoisotopic (exact) mass is 221 g/mol. The Morgan fingerprint density at radius 3 is 2.62 bits per heavy atom. The number of hydrogen-bond acceptors (Lipinski definition) is 3. The zero-order valence-corrected chi connectivity index (χ0v) is 9.94. The summed E-state index contributed by atoms with van der Waals surface area (Å²) >= 11 is 0. The van der Waals surface area contributed by atoms with Crippen molar-refractivity contribution >= 4 is 0 Å². The minimum absolute atomic E-state index is 0.392. The van der Waals surface area contributed by atoms with Crippen LogP contribution in [0.2, 0.25) is 0 Å². The van der Waals surface area contributed by atoms with Crippen molar-refractivity contribution in [3.8, 4) is 0 Å². The van der Waals surface area contributed by atoms with E-state index in [0.29, 0.717) is 32.0 Å². The first-order chi connectivity index (χ1) is 7.62. The van der Waals surface area contributed by atoms with Gasteiger partial charge >= 0.3 is 0 Å². The number of pyridine rings is 1. The average molecular weight is 221 g/mol. The summed E-state index contributed by atoms with van der Waals surface area (Å²) in [5.74, 6) is 0.392. The molecule has 16 heavy (non-hydrogen) atoms. The molecule has 1 fully saturated rings. The molecule has 1 aliphatic rings. The van der Waals surface area contributed by atoms with Crippen molar-refractivity contribution in [2.75, 3.05) is 13.2 Å². The van der Waals surface area contributed by atoms with Gasteiger partial charge in [0, 0.05) is 31.7 Å². The molecule has 1 N–H and O–H groups in total. The molecule has 0 bridgehead atoms. The van der Waals surface area contributed by atoms with Crippen molar-refractivity contribution in [1.29, 1.82) is 0 Å². The smallest absolute Gasteiger partial charge is 0.111 e. The van der Waals surface area contributed by atoms with Gasteiger partial charge in [-0.15, -0.1) is 0 Å². The van der Waals surface area contributed by atoms with Gasteiger partial charge in [-0.2, -0.15) is 0 Å². The second-order valence-corrected chi connectivity index (χ2v) is 4.75. The Balaban J connectivity index is 2.28. The third kappa shape index (κ3) is 2.25. The molecule has 0 saturated carbocycles. The summed E-state index contributed by atoms with van der Waals surface area (Å²) in [5, 5.41) is 10.5. The summed E-state index contributed by atoms with van der Waals surface area (Å²) in [5.41, 5.74) is 1.04. The van der Waals surface area contributed by atoms with E-state index in [2.05, 4.69) is 18.8 Å². The van der Waals surface area contributed by atoms with Crippen LogP contribution in [0, 0.1) is 0 Å². The van der Waals surface area contributed by atoms with Crippen molar-refractivity contribution in [1.82, 2.24) is 4.98 Å². The molecule has 0 spiro atoms. The number of nitrogens with zero attached hydrogens (tertiary/aromatic N) is 1. The van der Waals surface area contributed by atoms with Gasteiger partial charge in [-0.25, -0.2) is 0 Å². The zero-order valence-electron chi connectivity index (χ0n) is 9.94. The Hall–Kier alpha value is -0.930. The van der Waals surface area contributed by atoms with Crippen LogP contribution in [0.5, 0.6) is 0 Å². The quantitative estimate of drug-likeness (QED) is 0.832. The van der Waals surface area contributed by atoms with E-state index in [0.717, 1.165) is 11.4 Å². The van der Waals surface area contributed by atoms with Crippen molar-refractivity contribution < 1.29 is 9.84 Å². The molecule has 0 unspecified atom stereocenters. The minimum atomic E-state index is -0.789. The molecule has 0 amide bonds. The van der Waals surface area contributed by atoms with Crippen molar-refractivity contribution in [3.63, 3.8) is 0 Å². The standard InChI is InChI=1S/C13H19NO2/c1-10(2)11-4-3-5-12(14-11)13(15)6-8-16-9-7-13/h3-5,10,15H,6-9H2,1-2H3. The highest BCUT2D eigenvalue weighted by Gasteiger charge is 2.33. The Morgan fingerprint density at radius 1 is 1.31 bits per heavy atom. The highest BCUT2D eigenvalue weighted by molar-refractivity contribution is 5.19. The first-order valence-electron chi connectivity index (χ1n) is 5.89. The molecular weight excluding hydrogens is 202 g/mol. The molecule has 0 aliphatic carbocycles. The Labute approximate surface area is 96.5 Å². The van der Waals surface area contributed by atoms with Crippen LogP contribution in [0.25, 0.3) is 0 Å². The van der Waals surface area contributed by atoms with Crippen LogP contribution in [0.4, 0.5) is 0 Å². The van der Waals surface area contributed by atoms with Crippen LogP contribution in [-0.2, 0) is 10.3 Å². The molecule has 2 heterocycles. The average Bonchev–Trinajstić information content (AvgIpc) is 2.30. The number of hydrogen-bond donors (Lipinski definition) is 1. The maximum atomic E-state index is 10.5. The molecule has 2 rings (SSSR count). The Morgan fingerprint density at radius 2 is 2.00 bits per heavy atom. The molecule has 0 radical (unpaired) electrons. The largest absolute Gasteiger partial charge is 0.383 e. The van der Waals surface area contributed by atoms with E-state index in [1.165, 1.54) is 0 Å². The fraction of sp³-hybridized carbons (Fsp3) is 0.615. The summed E-state index contributed by atoms with van der Waals surface area (Å²) < 4.78 is 5.28. The lowest BCUT2D eigenvalue weighted by Crippen LogP contribution is -2.34. The van der Waals surface area contributed by atoms with Gasteiger partial charge in [0.25, 0.3) is 0 Å². The predicted molar refractivity (Wildman–Crippen MR) is 62.3 cm³/mol. The molecule has 1 aromatic heterocycles. The molecule has 3 nitrogen and oxygen atoms in total. The topological polar surface area (TPSA) is 42.4 Å². The number of rotatable bonds is 2. The maximum absolute atomic E-state index is 10.5. The van der Waals surface area contributed by atoms with Crippen molar-refractivity contribution in [2.45, 2.75) is 38.2 Å². The summed E-state index contributed by atoms with van der Waals surface area (Å²) in [6.45, 7) is 5.45. The van der Waals surface area contributed by atoms with Crippen molar-refractivity contribution in [2.24, 2.45) is 0 Å². The van der Waals surface area contributed by atoms with Crippen LogP contribution in [0.3, 0.4) is 0 Å². The van der Waals surface area contributed by atoms with E-state index in [1.807, 2.05) is 18.2 Å². The third-order valence-corrected chi connectivity index (χ3v) is 3.16. The lowest BCUT2D eigenvalue weighted by molar-refractivity contribution is -0.0706. The Kier molecular flexibility index (Phi) is 3.26. The second kappa shape index (κ2) is 4.52. The van der Waals surface area contributed by atoms with E-state index >= 15 is 0 Å². The van der Waals surface area contributed by atoms with Gasteiger partial charge < -0.3 is 9.84 Å². The van der Waals surface area contributed by atoms with Crippen LogP contribution in [0.15, 0.2) is 18.2 Å². The van der Waals surface area contributed by atoms with Gasteiger partial charge in [0.15, 0.2) is 0 Å². The van der Waals surface area contributed by atoms with E-state index in [9.17, 15) is 5.11 Å². The van der Waals surface area contributed by atoms with Gasteiger partial charge in [-0.3, -0.25) is 4.98 Å². The normalized spacial score (nSPS) is 20.0. The molecule has 1 aromatic rings. The fourth-order valence-electron chi connectivity index (χ4n) is 2.00. The summed E-state index contributed by atoms with van der Waals surface area (Å²) in [6.07, 6.45) is 1.28. The first kappa shape index (κ1) is 11.6. The predicted octanol–water partition coefficient (Wildman–Crippen LogP) is 2.20. The molecular formula is C13H19NO2. The SMILES string of the molecule is CC(C)c1cccc(C2(O)CCOCC2)n1. The highest BCUT2D eigenvalue weighted by atomic mass is 16.5. The molecule has 1 saturated heterocycles. The Bertz CT molecular complexity index is 357. The van der Waals surface area contributed by atoms with Gasteiger partial charge in [0.1, 0.15) is 5.60 Å². The van der Waals surface area contributed by atoms with E-state index in [-0.39, 0.29) is 0 Å². The van der Waals surface area contributed by atoms with Crippen LogP contribution >= 0.6 is 0 Å².